The Morgan fingerprint density at radius 1 is 1.04 bits per heavy atom. The Morgan fingerprint density at radius 2 is 1.77 bits per heavy atom. The second-order valence-electron chi connectivity index (χ2n) is 7.15. The molecule has 2 nitrogen and oxygen atoms in total. The molecule has 2 aromatic rings. The molecule has 3 heteroatoms. The van der Waals surface area contributed by atoms with Gasteiger partial charge in [-0.3, -0.25) is 4.79 Å². The van der Waals surface area contributed by atoms with Gasteiger partial charge < -0.3 is 4.90 Å². The first-order valence-electron chi connectivity index (χ1n) is 9.83. The van der Waals surface area contributed by atoms with E-state index in [4.69, 9.17) is 0 Å². The minimum atomic E-state index is -0.244. The highest BCUT2D eigenvalue weighted by molar-refractivity contribution is 5.77. The highest BCUT2D eigenvalue weighted by Gasteiger charge is 2.31. The second kappa shape index (κ2) is 8.98. The average molecular weight is 353 g/mol. The first-order chi connectivity index (χ1) is 12.7. The molecule has 0 unspecified atom stereocenters. The van der Waals surface area contributed by atoms with E-state index in [2.05, 4.69) is 19.1 Å². The number of hydrogen-bond donors (Lipinski definition) is 0. The Kier molecular flexibility index (Phi) is 6.43. The predicted octanol–water partition coefficient (Wildman–Crippen LogP) is 5.66. The third kappa shape index (κ3) is 4.32. The van der Waals surface area contributed by atoms with Crippen LogP contribution in [0.2, 0.25) is 0 Å². The van der Waals surface area contributed by atoms with E-state index in [1.807, 2.05) is 29.2 Å². The standard InChI is InChI=1S/C23H28FNO/c1-2-3-4-5-6-11-22(26)25-17-16-18-9-7-8-10-21(18)23(25)19-12-14-20(24)15-13-19/h7-10,12-15,23H,2-6,11,16-17H2,1H3/t23-/m0/s1. The molecule has 26 heavy (non-hydrogen) atoms. The van der Waals surface area contributed by atoms with E-state index in [1.54, 1.807) is 0 Å². The number of rotatable bonds is 7. The molecule has 0 saturated carbocycles. The maximum atomic E-state index is 13.4. The first kappa shape index (κ1) is 18.6. The van der Waals surface area contributed by atoms with E-state index < -0.39 is 0 Å². The Labute approximate surface area is 156 Å². The van der Waals surface area contributed by atoms with E-state index in [1.165, 1.54) is 42.5 Å². The Balaban J connectivity index is 1.79. The third-order valence-corrected chi connectivity index (χ3v) is 5.28. The van der Waals surface area contributed by atoms with Gasteiger partial charge in [0.1, 0.15) is 5.82 Å². The molecule has 0 fully saturated rings. The summed E-state index contributed by atoms with van der Waals surface area (Å²) in [4.78, 5) is 14.9. The van der Waals surface area contributed by atoms with Crippen LogP contribution in [0, 0.1) is 5.82 Å². The van der Waals surface area contributed by atoms with Crippen LogP contribution in [-0.2, 0) is 11.2 Å². The van der Waals surface area contributed by atoms with E-state index >= 15 is 0 Å². The fourth-order valence-electron chi connectivity index (χ4n) is 3.86. The van der Waals surface area contributed by atoms with Gasteiger partial charge in [0.2, 0.25) is 5.91 Å². The molecule has 3 rings (SSSR count). The molecule has 1 heterocycles. The van der Waals surface area contributed by atoms with Gasteiger partial charge >= 0.3 is 0 Å². The van der Waals surface area contributed by atoms with Crippen molar-refractivity contribution in [2.75, 3.05) is 6.54 Å². The lowest BCUT2D eigenvalue weighted by molar-refractivity contribution is -0.133. The summed E-state index contributed by atoms with van der Waals surface area (Å²) in [7, 11) is 0. The van der Waals surface area contributed by atoms with Crippen LogP contribution in [-0.4, -0.2) is 17.4 Å². The van der Waals surface area contributed by atoms with Crippen LogP contribution < -0.4 is 0 Å². The monoisotopic (exact) mass is 353 g/mol. The van der Waals surface area contributed by atoms with Gasteiger partial charge in [-0.1, -0.05) is 69.0 Å². The summed E-state index contributed by atoms with van der Waals surface area (Å²) >= 11 is 0. The maximum Gasteiger partial charge on any atom is 0.223 e. The molecule has 2 aromatic carbocycles. The highest BCUT2D eigenvalue weighted by atomic mass is 19.1. The van der Waals surface area contributed by atoms with Gasteiger partial charge in [-0.2, -0.15) is 0 Å². The predicted molar refractivity (Wildman–Crippen MR) is 103 cm³/mol. The van der Waals surface area contributed by atoms with Crippen LogP contribution in [0.15, 0.2) is 48.5 Å². The Hall–Kier alpha value is -2.16. The van der Waals surface area contributed by atoms with Gasteiger partial charge in [0.25, 0.3) is 0 Å². The number of hydrogen-bond acceptors (Lipinski definition) is 1. The smallest absolute Gasteiger partial charge is 0.223 e. The molecular weight excluding hydrogens is 325 g/mol. The van der Waals surface area contributed by atoms with E-state index in [-0.39, 0.29) is 17.8 Å². The minimum Gasteiger partial charge on any atom is -0.331 e. The maximum absolute atomic E-state index is 13.4. The normalized spacial score (nSPS) is 16.4. The summed E-state index contributed by atoms with van der Waals surface area (Å²) in [6, 6.07) is 14.8. The molecule has 1 atom stereocenters. The molecule has 0 aliphatic carbocycles. The molecule has 0 aromatic heterocycles. The van der Waals surface area contributed by atoms with Crippen LogP contribution in [0.4, 0.5) is 4.39 Å². The van der Waals surface area contributed by atoms with Crippen molar-refractivity contribution in [1.82, 2.24) is 4.90 Å². The SMILES string of the molecule is CCCCCCCC(=O)N1CCc2ccccc2[C@@H]1c1ccc(F)cc1. The van der Waals surface area contributed by atoms with Crippen molar-refractivity contribution in [3.63, 3.8) is 0 Å². The fourth-order valence-corrected chi connectivity index (χ4v) is 3.86. The zero-order valence-corrected chi connectivity index (χ0v) is 15.6. The molecule has 0 bridgehead atoms. The number of amides is 1. The summed E-state index contributed by atoms with van der Waals surface area (Å²) in [6.07, 6.45) is 7.21. The fraction of sp³-hybridized carbons (Fsp3) is 0.435. The molecule has 0 saturated heterocycles. The number of carbonyl (C=O) groups excluding carboxylic acids is 1. The summed E-state index contributed by atoms with van der Waals surface area (Å²) < 4.78 is 13.4. The number of carbonyl (C=O) groups is 1. The van der Waals surface area contributed by atoms with E-state index in [0.717, 1.165) is 31.4 Å². The molecule has 0 spiro atoms. The Morgan fingerprint density at radius 3 is 2.54 bits per heavy atom. The molecule has 0 N–H and O–H groups in total. The summed E-state index contributed by atoms with van der Waals surface area (Å²) in [6.45, 7) is 2.93. The summed E-state index contributed by atoms with van der Waals surface area (Å²) in [5.41, 5.74) is 3.44. The average Bonchev–Trinajstić information content (AvgIpc) is 2.67. The van der Waals surface area contributed by atoms with Gasteiger partial charge in [-0.15, -0.1) is 0 Å². The number of benzene rings is 2. The first-order valence-corrected chi connectivity index (χ1v) is 9.83. The van der Waals surface area contributed by atoms with Crippen LogP contribution in [0.5, 0.6) is 0 Å². The quantitative estimate of drug-likeness (QED) is 0.588. The highest BCUT2D eigenvalue weighted by Crippen LogP contribution is 2.35. The van der Waals surface area contributed by atoms with Gasteiger partial charge in [-0.25, -0.2) is 4.39 Å². The summed E-state index contributed by atoms with van der Waals surface area (Å²) in [5, 5.41) is 0. The van der Waals surface area contributed by atoms with E-state index in [9.17, 15) is 9.18 Å². The lowest BCUT2D eigenvalue weighted by Gasteiger charge is -2.38. The number of halogens is 1. The van der Waals surface area contributed by atoms with Gasteiger partial charge in [0.05, 0.1) is 6.04 Å². The number of unbranched alkanes of at least 4 members (excludes halogenated alkanes) is 4. The topological polar surface area (TPSA) is 20.3 Å². The van der Waals surface area contributed by atoms with Crippen LogP contribution in [0.1, 0.15) is 68.2 Å². The lowest BCUT2D eigenvalue weighted by atomic mass is 9.88. The van der Waals surface area contributed by atoms with Crippen LogP contribution in [0.3, 0.4) is 0 Å². The Bertz CT molecular complexity index is 725. The molecule has 0 radical (unpaired) electrons. The van der Waals surface area contributed by atoms with Crippen molar-refractivity contribution >= 4 is 5.91 Å². The van der Waals surface area contributed by atoms with Crippen LogP contribution >= 0.6 is 0 Å². The zero-order chi connectivity index (χ0) is 18.4. The summed E-state index contributed by atoms with van der Waals surface area (Å²) in [5.74, 6) is -0.0306. The minimum absolute atomic E-state index is 0.108. The van der Waals surface area contributed by atoms with Crippen molar-refractivity contribution in [3.05, 3.63) is 71.0 Å². The molecular formula is C23H28FNO. The van der Waals surface area contributed by atoms with Crippen molar-refractivity contribution in [2.45, 2.75) is 57.9 Å². The van der Waals surface area contributed by atoms with Crippen molar-refractivity contribution in [3.8, 4) is 0 Å². The second-order valence-corrected chi connectivity index (χ2v) is 7.15. The van der Waals surface area contributed by atoms with Gasteiger partial charge in [0, 0.05) is 13.0 Å². The van der Waals surface area contributed by atoms with Gasteiger partial charge in [0.15, 0.2) is 0 Å². The molecule has 1 amide bonds. The lowest BCUT2D eigenvalue weighted by Crippen LogP contribution is -2.40. The number of fused-ring (bicyclic) bond motifs is 1. The molecule has 138 valence electrons. The number of nitrogens with zero attached hydrogens (tertiary/aromatic N) is 1. The van der Waals surface area contributed by atoms with E-state index in [0.29, 0.717) is 6.42 Å². The third-order valence-electron chi connectivity index (χ3n) is 5.28. The van der Waals surface area contributed by atoms with Gasteiger partial charge in [-0.05, 0) is 41.7 Å². The zero-order valence-electron chi connectivity index (χ0n) is 15.6. The van der Waals surface area contributed by atoms with Crippen molar-refractivity contribution in [1.29, 1.82) is 0 Å². The largest absolute Gasteiger partial charge is 0.331 e. The molecule has 1 aliphatic heterocycles. The van der Waals surface area contributed by atoms with Crippen molar-refractivity contribution < 1.29 is 9.18 Å². The van der Waals surface area contributed by atoms with Crippen LogP contribution in [0.25, 0.3) is 0 Å². The van der Waals surface area contributed by atoms with Crippen molar-refractivity contribution in [2.24, 2.45) is 0 Å². The molecule has 1 aliphatic rings.